The van der Waals surface area contributed by atoms with Crippen LogP contribution in [0.3, 0.4) is 0 Å². The maximum atomic E-state index is 5.57. The number of rotatable bonds is 7. The Hall–Kier alpha value is -0.970. The van der Waals surface area contributed by atoms with E-state index in [0.29, 0.717) is 6.54 Å². The van der Waals surface area contributed by atoms with Crippen molar-refractivity contribution in [2.45, 2.75) is 32.6 Å². The zero-order valence-corrected chi connectivity index (χ0v) is 14.1. The van der Waals surface area contributed by atoms with Crippen molar-refractivity contribution in [2.75, 3.05) is 26.0 Å². The van der Waals surface area contributed by atoms with Crippen LogP contribution in [0.5, 0.6) is 0 Å². The summed E-state index contributed by atoms with van der Waals surface area (Å²) in [6, 6.07) is 8.35. The number of nitrogens with one attached hydrogen (secondary N) is 1. The third-order valence-electron chi connectivity index (χ3n) is 3.43. The molecule has 3 N–H and O–H groups in total. The van der Waals surface area contributed by atoms with Gasteiger partial charge in [0.15, 0.2) is 0 Å². The molecule has 1 aromatic heterocycles. The molecule has 2 rings (SSSR count). The molecule has 0 atom stereocenters. The number of fused-ring (bicyclic) bond motifs is 1. The number of hydrogen-bond acceptors (Lipinski definition) is 3. The minimum atomic E-state index is 0.711. The Morgan fingerprint density at radius 1 is 1.19 bits per heavy atom. The van der Waals surface area contributed by atoms with E-state index in [9.17, 15) is 0 Å². The first kappa shape index (κ1) is 18.1. The van der Waals surface area contributed by atoms with E-state index in [1.807, 2.05) is 6.07 Å². The molecule has 0 aliphatic carbocycles. The molecule has 0 unspecified atom stereocenters. The molecular weight excluding hydrogens is 280 g/mol. The van der Waals surface area contributed by atoms with Gasteiger partial charge in [-0.2, -0.15) is 12.6 Å². The minimum Gasteiger partial charge on any atom is -0.385 e. The number of hydrogen-bond donors (Lipinski definition) is 3. The molecule has 1 heterocycles. The van der Waals surface area contributed by atoms with Crippen molar-refractivity contribution in [3.8, 4) is 0 Å². The molecule has 0 saturated heterocycles. The number of methoxy groups -OCH3 is 1. The summed E-state index contributed by atoms with van der Waals surface area (Å²) in [6.45, 7) is 3.71. The lowest BCUT2D eigenvalue weighted by Crippen LogP contribution is -2.03. The third kappa shape index (κ3) is 6.12. The lowest BCUT2D eigenvalue weighted by atomic mass is 10.1. The van der Waals surface area contributed by atoms with Crippen molar-refractivity contribution >= 4 is 23.5 Å². The third-order valence-corrected chi connectivity index (χ3v) is 3.74. The van der Waals surface area contributed by atoms with Gasteiger partial charge in [-0.15, -0.1) is 0 Å². The first-order valence-electron chi connectivity index (χ1n) is 7.60. The first-order chi connectivity index (χ1) is 10.2. The van der Waals surface area contributed by atoms with Crippen LogP contribution >= 0.6 is 12.6 Å². The number of benzene rings is 1. The molecule has 0 radical (unpaired) electrons. The predicted molar refractivity (Wildman–Crippen MR) is 95.4 cm³/mol. The standard InChI is InChI=1S/C11H14N2.C6H14OS/c1-8-9(6-7-12)10-4-2-3-5-11(10)13-8;1-7-5-3-2-4-6-8/h2-5,13H,6-7,12H2,1H3;8H,2-6H2,1H3. The zero-order chi connectivity index (χ0) is 15.5. The quantitative estimate of drug-likeness (QED) is 0.539. The van der Waals surface area contributed by atoms with Gasteiger partial charge in [-0.1, -0.05) is 24.6 Å². The van der Waals surface area contributed by atoms with Gasteiger partial charge in [-0.25, -0.2) is 0 Å². The van der Waals surface area contributed by atoms with Gasteiger partial charge >= 0.3 is 0 Å². The second kappa shape index (κ2) is 10.7. The van der Waals surface area contributed by atoms with Crippen LogP contribution in [0.4, 0.5) is 0 Å². The van der Waals surface area contributed by atoms with Crippen molar-refractivity contribution in [1.29, 1.82) is 0 Å². The monoisotopic (exact) mass is 308 g/mol. The van der Waals surface area contributed by atoms with Crippen LogP contribution in [-0.2, 0) is 11.2 Å². The van der Waals surface area contributed by atoms with E-state index in [2.05, 4.69) is 42.7 Å². The molecule has 1 aromatic carbocycles. The van der Waals surface area contributed by atoms with Gasteiger partial charge in [0.25, 0.3) is 0 Å². The molecule has 0 aliphatic rings. The molecular formula is C17H28N2OS. The fraction of sp³-hybridized carbons (Fsp3) is 0.529. The summed E-state index contributed by atoms with van der Waals surface area (Å²) in [6.07, 6.45) is 4.59. The summed E-state index contributed by atoms with van der Waals surface area (Å²) in [4.78, 5) is 3.36. The average molecular weight is 308 g/mol. The Morgan fingerprint density at radius 2 is 1.95 bits per heavy atom. The van der Waals surface area contributed by atoms with E-state index >= 15 is 0 Å². The smallest absolute Gasteiger partial charge is 0.0462 e. The van der Waals surface area contributed by atoms with Crippen molar-refractivity contribution in [1.82, 2.24) is 4.98 Å². The van der Waals surface area contributed by atoms with E-state index in [4.69, 9.17) is 10.5 Å². The average Bonchev–Trinajstić information content (AvgIpc) is 2.81. The van der Waals surface area contributed by atoms with E-state index in [0.717, 1.165) is 18.8 Å². The number of aromatic nitrogens is 1. The van der Waals surface area contributed by atoms with Gasteiger partial charge in [0.05, 0.1) is 0 Å². The first-order valence-corrected chi connectivity index (χ1v) is 8.23. The molecule has 0 amide bonds. The van der Waals surface area contributed by atoms with E-state index < -0.39 is 0 Å². The largest absolute Gasteiger partial charge is 0.385 e. The summed E-state index contributed by atoms with van der Waals surface area (Å²) in [7, 11) is 1.74. The Kier molecular flexibility index (Phi) is 9.22. The number of unbranched alkanes of at least 4 members (excludes halogenated alkanes) is 2. The van der Waals surface area contributed by atoms with E-state index in [1.165, 1.54) is 41.4 Å². The molecule has 0 fully saturated rings. The Labute approximate surface area is 133 Å². The molecule has 118 valence electrons. The van der Waals surface area contributed by atoms with Crippen LogP contribution < -0.4 is 5.73 Å². The number of nitrogens with two attached hydrogens (primary N) is 1. The summed E-state index contributed by atoms with van der Waals surface area (Å²) in [5, 5.41) is 1.31. The fourth-order valence-electron chi connectivity index (χ4n) is 2.34. The second-order valence-corrected chi connectivity index (χ2v) is 5.54. The maximum absolute atomic E-state index is 5.57. The van der Waals surface area contributed by atoms with Crippen molar-refractivity contribution in [3.05, 3.63) is 35.5 Å². The van der Waals surface area contributed by atoms with Gasteiger partial charge in [0, 0.05) is 30.3 Å². The highest BCUT2D eigenvalue weighted by Crippen LogP contribution is 2.21. The van der Waals surface area contributed by atoms with E-state index in [1.54, 1.807) is 7.11 Å². The van der Waals surface area contributed by atoms with Gasteiger partial charge < -0.3 is 15.5 Å². The van der Waals surface area contributed by atoms with Crippen LogP contribution in [-0.4, -0.2) is 31.0 Å². The molecule has 0 saturated carbocycles. The Balaban J connectivity index is 0.000000240. The van der Waals surface area contributed by atoms with Crippen LogP contribution in [0.15, 0.2) is 24.3 Å². The number of thiol groups is 1. The van der Waals surface area contributed by atoms with Gasteiger partial charge in [-0.3, -0.25) is 0 Å². The number of para-hydroxylation sites is 1. The van der Waals surface area contributed by atoms with Crippen LogP contribution in [0.1, 0.15) is 30.5 Å². The van der Waals surface area contributed by atoms with Gasteiger partial charge in [0.2, 0.25) is 0 Å². The Morgan fingerprint density at radius 3 is 2.62 bits per heavy atom. The molecule has 4 heteroatoms. The molecule has 0 aliphatic heterocycles. The number of ether oxygens (including phenoxy) is 1. The van der Waals surface area contributed by atoms with E-state index in [-0.39, 0.29) is 0 Å². The highest BCUT2D eigenvalue weighted by molar-refractivity contribution is 7.80. The summed E-state index contributed by atoms with van der Waals surface area (Å²) >= 11 is 4.08. The number of aryl methyl sites for hydroxylation is 1. The lowest BCUT2D eigenvalue weighted by molar-refractivity contribution is 0.192. The lowest BCUT2D eigenvalue weighted by Gasteiger charge is -1.96. The zero-order valence-electron chi connectivity index (χ0n) is 13.2. The van der Waals surface area contributed by atoms with Crippen LogP contribution in [0.2, 0.25) is 0 Å². The molecule has 21 heavy (non-hydrogen) atoms. The van der Waals surface area contributed by atoms with Crippen molar-refractivity contribution in [3.63, 3.8) is 0 Å². The minimum absolute atomic E-state index is 0.711. The number of aromatic amines is 1. The maximum Gasteiger partial charge on any atom is 0.0462 e. The predicted octanol–water partition coefficient (Wildman–Crippen LogP) is 3.71. The van der Waals surface area contributed by atoms with Gasteiger partial charge in [-0.05, 0) is 50.1 Å². The highest BCUT2D eigenvalue weighted by atomic mass is 32.1. The topological polar surface area (TPSA) is 51.0 Å². The fourth-order valence-corrected chi connectivity index (χ4v) is 2.56. The molecule has 3 nitrogen and oxygen atoms in total. The summed E-state index contributed by atoms with van der Waals surface area (Å²) in [5.74, 6) is 1.00. The number of H-pyrrole nitrogens is 1. The Bertz CT molecular complexity index is 504. The summed E-state index contributed by atoms with van der Waals surface area (Å²) < 4.78 is 4.86. The van der Waals surface area contributed by atoms with Crippen LogP contribution in [0, 0.1) is 6.92 Å². The second-order valence-electron chi connectivity index (χ2n) is 5.09. The summed E-state index contributed by atoms with van der Waals surface area (Å²) in [5.41, 5.74) is 9.38. The van der Waals surface area contributed by atoms with Crippen molar-refractivity contribution < 1.29 is 4.74 Å². The van der Waals surface area contributed by atoms with Crippen LogP contribution in [0.25, 0.3) is 10.9 Å². The van der Waals surface area contributed by atoms with Crippen molar-refractivity contribution in [2.24, 2.45) is 5.73 Å². The molecule has 0 bridgehead atoms. The highest BCUT2D eigenvalue weighted by Gasteiger charge is 2.05. The normalized spacial score (nSPS) is 10.5. The molecule has 2 aromatic rings. The van der Waals surface area contributed by atoms with Gasteiger partial charge in [0.1, 0.15) is 0 Å². The molecule has 0 spiro atoms. The SMILES string of the molecule is COCCCCCS.Cc1[nH]c2ccccc2c1CCN.